The summed E-state index contributed by atoms with van der Waals surface area (Å²) in [4.78, 5) is 14.3. The Bertz CT molecular complexity index is 700. The summed E-state index contributed by atoms with van der Waals surface area (Å²) >= 11 is 5.52. The highest BCUT2D eigenvalue weighted by Crippen LogP contribution is 2.37. The van der Waals surface area contributed by atoms with Crippen molar-refractivity contribution in [2.45, 2.75) is 18.9 Å². The maximum atomic E-state index is 5.52. The molecule has 20 heavy (non-hydrogen) atoms. The van der Waals surface area contributed by atoms with Crippen molar-refractivity contribution >= 4 is 23.4 Å². The number of nitrogens with one attached hydrogen (secondary N) is 1. The van der Waals surface area contributed by atoms with Crippen LogP contribution in [0.25, 0.3) is 11.2 Å². The number of imidazole rings is 1. The standard InChI is InChI=1S/C13H17N5OS/c1-19-12-10-11(14-7-15-12)18(13(20)16-10)9-6-17-4-2-8(9)3-5-17/h7-9H,2-6H2,1H3,(H,16,20). The van der Waals surface area contributed by atoms with Crippen molar-refractivity contribution in [2.24, 2.45) is 5.92 Å². The molecule has 0 saturated carbocycles. The molecule has 0 radical (unpaired) electrons. The van der Waals surface area contributed by atoms with Crippen molar-refractivity contribution < 1.29 is 4.74 Å². The highest BCUT2D eigenvalue weighted by atomic mass is 32.1. The monoisotopic (exact) mass is 291 g/mol. The molecule has 2 bridgehead atoms. The topological polar surface area (TPSA) is 59.0 Å². The van der Waals surface area contributed by atoms with Gasteiger partial charge in [0.15, 0.2) is 10.4 Å². The minimum absolute atomic E-state index is 0.415. The molecule has 1 unspecified atom stereocenters. The van der Waals surface area contributed by atoms with Crippen LogP contribution in [0.15, 0.2) is 6.33 Å². The highest BCUT2D eigenvalue weighted by Gasteiger charge is 2.36. The molecule has 0 aromatic carbocycles. The molecule has 3 aliphatic heterocycles. The number of aromatic amines is 1. The molecule has 6 nitrogen and oxygen atoms in total. The summed E-state index contributed by atoms with van der Waals surface area (Å²) in [5.74, 6) is 1.26. The third-order valence-electron chi connectivity index (χ3n) is 4.62. The van der Waals surface area contributed by atoms with Crippen LogP contribution >= 0.6 is 12.2 Å². The summed E-state index contributed by atoms with van der Waals surface area (Å²) in [5.41, 5.74) is 1.66. The van der Waals surface area contributed by atoms with Crippen molar-refractivity contribution in [2.75, 3.05) is 26.7 Å². The number of fused-ring (bicyclic) bond motifs is 4. The lowest BCUT2D eigenvalue weighted by Crippen LogP contribution is -2.48. The highest BCUT2D eigenvalue weighted by molar-refractivity contribution is 7.71. The van der Waals surface area contributed by atoms with Crippen LogP contribution in [0.5, 0.6) is 5.88 Å². The Morgan fingerprint density at radius 2 is 2.15 bits per heavy atom. The van der Waals surface area contributed by atoms with Crippen LogP contribution in [0.4, 0.5) is 0 Å². The fourth-order valence-electron chi connectivity index (χ4n) is 3.60. The lowest BCUT2D eigenvalue weighted by atomic mass is 9.84. The van der Waals surface area contributed by atoms with E-state index in [-0.39, 0.29) is 0 Å². The maximum absolute atomic E-state index is 5.52. The minimum atomic E-state index is 0.415. The van der Waals surface area contributed by atoms with E-state index in [1.165, 1.54) is 25.9 Å². The van der Waals surface area contributed by atoms with Crippen LogP contribution in [-0.2, 0) is 0 Å². The molecule has 3 fully saturated rings. The number of hydrogen-bond acceptors (Lipinski definition) is 5. The molecule has 1 N–H and O–H groups in total. The number of rotatable bonds is 2. The fraction of sp³-hybridized carbons (Fsp3) is 0.615. The van der Waals surface area contributed by atoms with E-state index < -0.39 is 0 Å². The van der Waals surface area contributed by atoms with Crippen LogP contribution in [0.2, 0.25) is 0 Å². The second kappa shape index (κ2) is 4.53. The van der Waals surface area contributed by atoms with Crippen molar-refractivity contribution in [3.8, 4) is 5.88 Å². The van der Waals surface area contributed by atoms with Crippen LogP contribution in [0.1, 0.15) is 18.9 Å². The van der Waals surface area contributed by atoms with Crippen molar-refractivity contribution in [3.63, 3.8) is 0 Å². The molecule has 2 aromatic heterocycles. The van der Waals surface area contributed by atoms with Gasteiger partial charge in [-0.1, -0.05) is 0 Å². The van der Waals surface area contributed by atoms with Crippen molar-refractivity contribution in [3.05, 3.63) is 11.1 Å². The van der Waals surface area contributed by atoms with E-state index in [9.17, 15) is 0 Å². The van der Waals surface area contributed by atoms with Gasteiger partial charge in [0.25, 0.3) is 0 Å². The van der Waals surface area contributed by atoms with E-state index in [0.29, 0.717) is 17.8 Å². The van der Waals surface area contributed by atoms with E-state index in [0.717, 1.165) is 22.5 Å². The van der Waals surface area contributed by atoms with Crippen LogP contribution in [-0.4, -0.2) is 51.2 Å². The Balaban J connectivity index is 1.88. The Hall–Kier alpha value is -1.47. The molecule has 106 valence electrons. The predicted octanol–water partition coefficient (Wildman–Crippen LogP) is 1.76. The normalized spacial score (nSPS) is 28.9. The van der Waals surface area contributed by atoms with Gasteiger partial charge in [0.2, 0.25) is 5.88 Å². The first-order chi connectivity index (χ1) is 9.78. The molecular formula is C13H17N5OS. The lowest BCUT2D eigenvalue weighted by molar-refractivity contribution is 0.0580. The average molecular weight is 291 g/mol. The number of hydrogen-bond donors (Lipinski definition) is 1. The van der Waals surface area contributed by atoms with Crippen LogP contribution < -0.4 is 4.74 Å². The molecule has 3 saturated heterocycles. The number of nitrogens with zero attached hydrogens (tertiary/aromatic N) is 4. The number of aromatic nitrogens is 4. The second-order valence-electron chi connectivity index (χ2n) is 5.59. The van der Waals surface area contributed by atoms with E-state index in [4.69, 9.17) is 17.0 Å². The fourth-order valence-corrected chi connectivity index (χ4v) is 3.93. The molecule has 5 heterocycles. The van der Waals surface area contributed by atoms with Gasteiger partial charge in [-0.15, -0.1) is 0 Å². The van der Waals surface area contributed by atoms with Gasteiger partial charge in [0, 0.05) is 6.54 Å². The summed E-state index contributed by atoms with van der Waals surface area (Å²) in [6.45, 7) is 3.50. The summed E-state index contributed by atoms with van der Waals surface area (Å²) < 4.78 is 8.18. The minimum Gasteiger partial charge on any atom is -0.479 e. The molecular weight excluding hydrogens is 274 g/mol. The maximum Gasteiger partial charge on any atom is 0.242 e. The van der Waals surface area contributed by atoms with Gasteiger partial charge in [0.05, 0.1) is 13.2 Å². The molecule has 7 heteroatoms. The van der Waals surface area contributed by atoms with E-state index in [2.05, 4.69) is 24.4 Å². The van der Waals surface area contributed by atoms with Gasteiger partial charge < -0.3 is 14.6 Å². The number of ether oxygens (including phenoxy) is 1. The molecule has 0 aliphatic carbocycles. The van der Waals surface area contributed by atoms with Gasteiger partial charge in [-0.25, -0.2) is 4.98 Å². The molecule has 5 rings (SSSR count). The van der Waals surface area contributed by atoms with E-state index in [1.807, 2.05) is 0 Å². The molecule has 0 amide bonds. The van der Waals surface area contributed by atoms with Gasteiger partial charge in [0.1, 0.15) is 11.8 Å². The molecule has 1 atom stereocenters. The third kappa shape index (κ3) is 1.69. The Morgan fingerprint density at radius 3 is 2.80 bits per heavy atom. The van der Waals surface area contributed by atoms with Gasteiger partial charge in [-0.2, -0.15) is 4.98 Å². The summed E-state index contributed by atoms with van der Waals surface area (Å²) in [7, 11) is 1.62. The van der Waals surface area contributed by atoms with Gasteiger partial charge in [-0.3, -0.25) is 4.57 Å². The van der Waals surface area contributed by atoms with E-state index in [1.54, 1.807) is 13.4 Å². The number of piperidine rings is 3. The summed E-state index contributed by atoms with van der Waals surface area (Å²) in [5, 5.41) is 0. The van der Waals surface area contributed by atoms with Crippen LogP contribution in [0.3, 0.4) is 0 Å². The zero-order valence-electron chi connectivity index (χ0n) is 11.4. The summed E-state index contributed by atoms with van der Waals surface area (Å²) in [6.07, 6.45) is 4.05. The van der Waals surface area contributed by atoms with E-state index >= 15 is 0 Å². The third-order valence-corrected chi connectivity index (χ3v) is 4.92. The first kappa shape index (κ1) is 12.3. The van der Waals surface area contributed by atoms with Gasteiger partial charge in [-0.05, 0) is 44.1 Å². The van der Waals surface area contributed by atoms with Gasteiger partial charge >= 0.3 is 0 Å². The second-order valence-corrected chi connectivity index (χ2v) is 5.97. The smallest absolute Gasteiger partial charge is 0.242 e. The molecule has 0 spiro atoms. The number of methoxy groups -OCH3 is 1. The zero-order valence-corrected chi connectivity index (χ0v) is 12.2. The number of H-pyrrole nitrogens is 1. The Kier molecular flexibility index (Phi) is 2.78. The first-order valence-electron chi connectivity index (χ1n) is 6.99. The zero-order chi connectivity index (χ0) is 13.7. The van der Waals surface area contributed by atoms with Crippen molar-refractivity contribution in [1.29, 1.82) is 0 Å². The quantitative estimate of drug-likeness (QED) is 0.855. The predicted molar refractivity (Wildman–Crippen MR) is 77.5 cm³/mol. The lowest BCUT2D eigenvalue weighted by Gasteiger charge is -2.45. The molecule has 2 aromatic rings. The Morgan fingerprint density at radius 1 is 1.35 bits per heavy atom. The average Bonchev–Trinajstić information content (AvgIpc) is 2.84. The Labute approximate surface area is 121 Å². The first-order valence-corrected chi connectivity index (χ1v) is 7.40. The summed E-state index contributed by atoms with van der Waals surface area (Å²) in [6, 6.07) is 0.415. The van der Waals surface area contributed by atoms with Crippen molar-refractivity contribution in [1.82, 2.24) is 24.4 Å². The molecule has 3 aliphatic rings. The SMILES string of the molecule is COc1ncnc2c1[nH]c(=S)n2C1CN2CCC1CC2. The van der Waals surface area contributed by atoms with Crippen LogP contribution in [0, 0.1) is 10.7 Å². The largest absolute Gasteiger partial charge is 0.479 e.